The first-order valence-electron chi connectivity index (χ1n) is 7.77. The summed E-state index contributed by atoms with van der Waals surface area (Å²) in [6.07, 6.45) is 4.96. The molecular weight excluding hydrogens is 318 g/mol. The molecule has 4 rings (SSSR count). The Kier molecular flexibility index (Phi) is 3.76. The molecule has 4 heterocycles. The molecule has 1 atom stereocenters. The lowest BCUT2D eigenvalue weighted by Gasteiger charge is -2.52. The quantitative estimate of drug-likeness (QED) is 0.855. The van der Waals surface area contributed by atoms with Crippen LogP contribution in [0.3, 0.4) is 0 Å². The average molecular weight is 334 g/mol. The van der Waals surface area contributed by atoms with Gasteiger partial charge in [-0.25, -0.2) is 23.7 Å². The van der Waals surface area contributed by atoms with E-state index in [-0.39, 0.29) is 17.6 Å². The number of halogens is 2. The van der Waals surface area contributed by atoms with E-state index >= 15 is 0 Å². The zero-order chi connectivity index (χ0) is 16.6. The van der Waals surface area contributed by atoms with E-state index in [0.29, 0.717) is 38.5 Å². The van der Waals surface area contributed by atoms with E-state index in [9.17, 15) is 8.78 Å². The van der Waals surface area contributed by atoms with Gasteiger partial charge in [0.2, 0.25) is 5.95 Å². The van der Waals surface area contributed by atoms with Gasteiger partial charge in [0.25, 0.3) is 5.88 Å². The number of nitrogens with zero attached hydrogens (tertiary/aromatic N) is 4. The van der Waals surface area contributed by atoms with Gasteiger partial charge in [0.05, 0.1) is 32.1 Å². The minimum atomic E-state index is -0.465. The highest BCUT2D eigenvalue weighted by atomic mass is 19.1. The van der Waals surface area contributed by atoms with Crippen LogP contribution in [0, 0.1) is 11.6 Å². The highest BCUT2D eigenvalue weighted by molar-refractivity contribution is 5.37. The molecule has 0 N–H and O–H groups in total. The Morgan fingerprint density at radius 2 is 2.00 bits per heavy atom. The van der Waals surface area contributed by atoms with Crippen LogP contribution < -0.4 is 9.64 Å². The maximum absolute atomic E-state index is 13.7. The minimum Gasteiger partial charge on any atom is -0.472 e. The Hall–Kier alpha value is -2.35. The molecule has 24 heavy (non-hydrogen) atoms. The first kappa shape index (κ1) is 15.2. The van der Waals surface area contributed by atoms with Crippen LogP contribution in [0.1, 0.15) is 12.8 Å². The van der Waals surface area contributed by atoms with E-state index in [0.717, 1.165) is 12.4 Å². The molecule has 2 aromatic heterocycles. The molecule has 6 nitrogen and oxygen atoms in total. The van der Waals surface area contributed by atoms with E-state index in [1.54, 1.807) is 0 Å². The summed E-state index contributed by atoms with van der Waals surface area (Å²) in [4.78, 5) is 13.8. The van der Waals surface area contributed by atoms with Crippen molar-refractivity contribution < 1.29 is 18.3 Å². The lowest BCUT2D eigenvalue weighted by Crippen LogP contribution is -2.66. The summed E-state index contributed by atoms with van der Waals surface area (Å²) >= 11 is 0. The SMILES string of the molecule is Fc1cnc(N2CC3(CC(Oc4ncccc4F)CCO3)C2)nc1. The van der Waals surface area contributed by atoms with Gasteiger partial charge in [0, 0.05) is 19.0 Å². The smallest absolute Gasteiger partial charge is 0.250 e. The summed E-state index contributed by atoms with van der Waals surface area (Å²) in [5.74, 6) is -0.427. The van der Waals surface area contributed by atoms with Crippen LogP contribution >= 0.6 is 0 Å². The molecule has 1 unspecified atom stereocenters. The molecule has 8 heteroatoms. The first-order valence-corrected chi connectivity index (χ1v) is 7.77. The summed E-state index contributed by atoms with van der Waals surface area (Å²) in [7, 11) is 0. The topological polar surface area (TPSA) is 60.4 Å². The summed E-state index contributed by atoms with van der Waals surface area (Å²) < 4.78 is 38.2. The fourth-order valence-corrected chi connectivity index (χ4v) is 3.18. The van der Waals surface area contributed by atoms with Gasteiger partial charge in [-0.2, -0.15) is 0 Å². The van der Waals surface area contributed by atoms with Crippen molar-refractivity contribution in [2.45, 2.75) is 24.5 Å². The zero-order valence-corrected chi connectivity index (χ0v) is 12.9. The maximum atomic E-state index is 13.7. The normalized spacial score (nSPS) is 22.2. The first-order chi connectivity index (χ1) is 11.6. The minimum absolute atomic E-state index is 0.0256. The van der Waals surface area contributed by atoms with Crippen molar-refractivity contribution in [2.24, 2.45) is 0 Å². The van der Waals surface area contributed by atoms with E-state index < -0.39 is 11.6 Å². The van der Waals surface area contributed by atoms with Gasteiger partial charge < -0.3 is 14.4 Å². The molecule has 0 radical (unpaired) electrons. The van der Waals surface area contributed by atoms with Crippen LogP contribution in [0.5, 0.6) is 5.88 Å². The number of pyridine rings is 1. The third-order valence-electron chi connectivity index (χ3n) is 4.30. The van der Waals surface area contributed by atoms with Crippen LogP contribution in [0.25, 0.3) is 0 Å². The van der Waals surface area contributed by atoms with Crippen LogP contribution in [0.15, 0.2) is 30.7 Å². The van der Waals surface area contributed by atoms with E-state index in [4.69, 9.17) is 9.47 Å². The Labute approximate surface area is 137 Å². The summed E-state index contributed by atoms with van der Waals surface area (Å²) in [6, 6.07) is 2.86. The summed E-state index contributed by atoms with van der Waals surface area (Å²) in [6.45, 7) is 1.74. The fourth-order valence-electron chi connectivity index (χ4n) is 3.18. The molecule has 0 bridgehead atoms. The van der Waals surface area contributed by atoms with Gasteiger partial charge >= 0.3 is 0 Å². The Bertz CT molecular complexity index is 722. The summed E-state index contributed by atoms with van der Waals surface area (Å²) in [5, 5.41) is 0. The van der Waals surface area contributed by atoms with E-state index in [1.165, 1.54) is 18.3 Å². The Balaban J connectivity index is 1.39. The molecule has 2 aliphatic rings. The van der Waals surface area contributed by atoms with Crippen molar-refractivity contribution in [3.63, 3.8) is 0 Å². The second-order valence-corrected chi connectivity index (χ2v) is 6.11. The summed E-state index contributed by atoms with van der Waals surface area (Å²) in [5.41, 5.74) is -0.355. The molecule has 2 aliphatic heterocycles. The molecule has 2 saturated heterocycles. The number of ether oxygens (including phenoxy) is 2. The van der Waals surface area contributed by atoms with Crippen molar-refractivity contribution in [3.8, 4) is 5.88 Å². The second kappa shape index (κ2) is 5.94. The molecule has 0 aliphatic carbocycles. The molecule has 126 valence electrons. The van der Waals surface area contributed by atoms with Crippen molar-refractivity contribution in [1.82, 2.24) is 15.0 Å². The van der Waals surface area contributed by atoms with Crippen molar-refractivity contribution in [3.05, 3.63) is 42.4 Å². The second-order valence-electron chi connectivity index (χ2n) is 6.11. The fraction of sp³-hybridized carbons (Fsp3) is 0.438. The molecule has 2 aromatic rings. The van der Waals surface area contributed by atoms with Gasteiger partial charge in [-0.05, 0) is 12.1 Å². The maximum Gasteiger partial charge on any atom is 0.250 e. The van der Waals surface area contributed by atoms with Gasteiger partial charge in [0.1, 0.15) is 11.7 Å². The molecule has 2 fully saturated rings. The van der Waals surface area contributed by atoms with Crippen LogP contribution in [0.4, 0.5) is 14.7 Å². The van der Waals surface area contributed by atoms with Crippen molar-refractivity contribution in [2.75, 3.05) is 24.6 Å². The number of aromatic nitrogens is 3. The van der Waals surface area contributed by atoms with Crippen LogP contribution in [0.2, 0.25) is 0 Å². The lowest BCUT2D eigenvalue weighted by molar-refractivity contribution is -0.127. The molecule has 0 aromatic carbocycles. The van der Waals surface area contributed by atoms with E-state index in [2.05, 4.69) is 15.0 Å². The largest absolute Gasteiger partial charge is 0.472 e. The molecule has 0 amide bonds. The number of anilines is 1. The van der Waals surface area contributed by atoms with Crippen molar-refractivity contribution in [1.29, 1.82) is 0 Å². The number of hydrogen-bond acceptors (Lipinski definition) is 6. The number of rotatable bonds is 3. The van der Waals surface area contributed by atoms with Gasteiger partial charge in [-0.1, -0.05) is 0 Å². The van der Waals surface area contributed by atoms with E-state index in [1.807, 2.05) is 4.90 Å². The average Bonchev–Trinajstić information content (AvgIpc) is 2.56. The lowest BCUT2D eigenvalue weighted by atomic mass is 9.85. The van der Waals surface area contributed by atoms with Crippen LogP contribution in [-0.2, 0) is 4.74 Å². The van der Waals surface area contributed by atoms with Crippen molar-refractivity contribution >= 4 is 5.95 Å². The molecule has 1 spiro atoms. The number of hydrogen-bond donors (Lipinski definition) is 0. The standard InChI is InChI=1S/C16H16F2N4O2/c17-11-7-20-15(21-8-11)22-9-16(10-22)6-12(3-5-23-16)24-14-13(18)2-1-4-19-14/h1-2,4,7-8,12H,3,5-6,9-10H2. The predicted octanol–water partition coefficient (Wildman–Crippen LogP) is 1.97. The van der Waals surface area contributed by atoms with Gasteiger partial charge in [-0.3, -0.25) is 0 Å². The van der Waals surface area contributed by atoms with Crippen LogP contribution in [-0.4, -0.2) is 46.4 Å². The molecular formula is C16H16F2N4O2. The Morgan fingerprint density at radius 3 is 2.75 bits per heavy atom. The predicted molar refractivity (Wildman–Crippen MR) is 80.7 cm³/mol. The highest BCUT2D eigenvalue weighted by Crippen LogP contribution is 2.37. The monoisotopic (exact) mass is 334 g/mol. The zero-order valence-electron chi connectivity index (χ0n) is 12.9. The van der Waals surface area contributed by atoms with Gasteiger partial charge in [-0.15, -0.1) is 0 Å². The third-order valence-corrected chi connectivity index (χ3v) is 4.30. The Morgan fingerprint density at radius 1 is 1.21 bits per heavy atom. The highest BCUT2D eigenvalue weighted by Gasteiger charge is 2.49. The molecule has 0 saturated carbocycles. The van der Waals surface area contributed by atoms with Gasteiger partial charge in [0.15, 0.2) is 11.6 Å². The third kappa shape index (κ3) is 2.89.